The van der Waals surface area contributed by atoms with Gasteiger partial charge in [0.2, 0.25) is 0 Å². The van der Waals surface area contributed by atoms with E-state index in [4.69, 9.17) is 0 Å². The quantitative estimate of drug-likeness (QED) is 0.895. The van der Waals surface area contributed by atoms with Crippen LogP contribution in [0.3, 0.4) is 0 Å². The van der Waals surface area contributed by atoms with Gasteiger partial charge in [-0.2, -0.15) is 0 Å². The van der Waals surface area contributed by atoms with Gasteiger partial charge in [-0.3, -0.25) is 4.90 Å². The van der Waals surface area contributed by atoms with E-state index in [0.29, 0.717) is 6.04 Å². The highest BCUT2D eigenvalue weighted by molar-refractivity contribution is 5.85. The van der Waals surface area contributed by atoms with Crippen LogP contribution < -0.4 is 5.32 Å². The van der Waals surface area contributed by atoms with Crippen molar-refractivity contribution in [2.24, 2.45) is 0 Å². The Balaban J connectivity index is 0.00000144. The van der Waals surface area contributed by atoms with Gasteiger partial charge < -0.3 is 5.32 Å². The van der Waals surface area contributed by atoms with Gasteiger partial charge in [-0.1, -0.05) is 6.07 Å². The molecule has 1 atom stereocenters. The maximum atomic E-state index is 13.1. The number of nitrogens with one attached hydrogen (secondary N) is 1. The van der Waals surface area contributed by atoms with Crippen molar-refractivity contribution in [3.63, 3.8) is 0 Å². The fraction of sp³-hybridized carbons (Fsp3) is 0.538. The van der Waals surface area contributed by atoms with Crippen LogP contribution >= 0.6 is 12.4 Å². The molecule has 1 unspecified atom stereocenters. The topological polar surface area (TPSA) is 15.3 Å². The van der Waals surface area contributed by atoms with E-state index >= 15 is 0 Å². The molecule has 4 heteroatoms. The van der Waals surface area contributed by atoms with E-state index in [-0.39, 0.29) is 18.2 Å². The van der Waals surface area contributed by atoms with Gasteiger partial charge in [0.15, 0.2) is 0 Å². The summed E-state index contributed by atoms with van der Waals surface area (Å²) in [6.07, 6.45) is 1.19. The van der Waals surface area contributed by atoms with Crippen LogP contribution in [0.1, 0.15) is 17.5 Å². The molecule has 0 aliphatic carbocycles. The zero-order valence-corrected chi connectivity index (χ0v) is 11.2. The Labute approximate surface area is 109 Å². The Hall–Kier alpha value is -0.640. The third-order valence-electron chi connectivity index (χ3n) is 3.39. The number of aryl methyl sites for hydroxylation is 1. The van der Waals surface area contributed by atoms with Gasteiger partial charge in [-0.05, 0) is 50.2 Å². The Morgan fingerprint density at radius 1 is 1.47 bits per heavy atom. The molecule has 1 aromatic carbocycles. The molecule has 0 saturated carbocycles. The first kappa shape index (κ1) is 14.4. The summed E-state index contributed by atoms with van der Waals surface area (Å²) in [5.74, 6) is -0.140. The predicted molar refractivity (Wildman–Crippen MR) is 71.1 cm³/mol. The van der Waals surface area contributed by atoms with Crippen molar-refractivity contribution in [1.82, 2.24) is 10.2 Å². The average Bonchev–Trinajstić information content (AvgIpc) is 2.76. The lowest BCUT2D eigenvalue weighted by Gasteiger charge is -2.24. The minimum atomic E-state index is -0.140. The third kappa shape index (κ3) is 3.66. The van der Waals surface area contributed by atoms with Gasteiger partial charge in [-0.25, -0.2) is 4.39 Å². The first-order valence-corrected chi connectivity index (χ1v) is 5.83. The summed E-state index contributed by atoms with van der Waals surface area (Å²) in [5, 5.41) is 3.35. The van der Waals surface area contributed by atoms with Gasteiger partial charge >= 0.3 is 0 Å². The summed E-state index contributed by atoms with van der Waals surface area (Å²) in [6, 6.07) is 5.61. The van der Waals surface area contributed by atoms with Crippen molar-refractivity contribution >= 4 is 12.4 Å². The molecule has 0 spiro atoms. The molecule has 96 valence electrons. The van der Waals surface area contributed by atoms with E-state index in [1.165, 1.54) is 18.1 Å². The maximum Gasteiger partial charge on any atom is 0.123 e. The molecule has 0 aromatic heterocycles. The molecular formula is C13H20ClFN2. The number of hydrogen-bond acceptors (Lipinski definition) is 2. The van der Waals surface area contributed by atoms with Crippen LogP contribution in [0, 0.1) is 12.7 Å². The molecule has 2 rings (SSSR count). The predicted octanol–water partition coefficient (Wildman–Crippen LogP) is 2.35. The van der Waals surface area contributed by atoms with Crippen LogP contribution in [0.2, 0.25) is 0 Å². The van der Waals surface area contributed by atoms with E-state index in [2.05, 4.69) is 17.3 Å². The number of hydrogen-bond donors (Lipinski definition) is 1. The molecule has 0 bridgehead atoms. The highest BCUT2D eigenvalue weighted by atomic mass is 35.5. The van der Waals surface area contributed by atoms with Crippen LogP contribution in [0.25, 0.3) is 0 Å². The van der Waals surface area contributed by atoms with Gasteiger partial charge in [0.05, 0.1) is 0 Å². The van der Waals surface area contributed by atoms with Crippen molar-refractivity contribution in [2.75, 3.05) is 20.1 Å². The smallest absolute Gasteiger partial charge is 0.123 e. The molecule has 1 aromatic rings. The van der Waals surface area contributed by atoms with Crippen molar-refractivity contribution in [2.45, 2.75) is 25.9 Å². The summed E-state index contributed by atoms with van der Waals surface area (Å²) in [6.45, 7) is 5.01. The zero-order valence-electron chi connectivity index (χ0n) is 10.4. The standard InChI is InChI=1S/C13H19FN2.ClH/c1-10-3-4-12(14)7-11(10)9-16(2)13-5-6-15-8-13;/h3-4,7,13,15H,5-6,8-9H2,1-2H3;1H. The second-order valence-electron chi connectivity index (χ2n) is 4.63. The minimum Gasteiger partial charge on any atom is -0.315 e. The summed E-state index contributed by atoms with van der Waals surface area (Å²) in [4.78, 5) is 2.31. The number of halogens is 2. The first-order valence-electron chi connectivity index (χ1n) is 5.83. The lowest BCUT2D eigenvalue weighted by atomic mass is 10.1. The summed E-state index contributed by atoms with van der Waals surface area (Å²) < 4.78 is 13.1. The summed E-state index contributed by atoms with van der Waals surface area (Å²) in [5.41, 5.74) is 2.26. The van der Waals surface area contributed by atoms with E-state index in [1.54, 1.807) is 6.07 Å². The lowest BCUT2D eigenvalue weighted by molar-refractivity contribution is 0.248. The maximum absolute atomic E-state index is 13.1. The van der Waals surface area contributed by atoms with Crippen LogP contribution in [0.5, 0.6) is 0 Å². The van der Waals surface area contributed by atoms with Gasteiger partial charge in [0.25, 0.3) is 0 Å². The molecule has 1 heterocycles. The summed E-state index contributed by atoms with van der Waals surface area (Å²) >= 11 is 0. The average molecular weight is 259 g/mol. The molecule has 0 radical (unpaired) electrons. The monoisotopic (exact) mass is 258 g/mol. The van der Waals surface area contributed by atoms with Crippen molar-refractivity contribution in [3.8, 4) is 0 Å². The van der Waals surface area contributed by atoms with Crippen LogP contribution in [0.4, 0.5) is 4.39 Å². The largest absolute Gasteiger partial charge is 0.315 e. The van der Waals surface area contributed by atoms with Crippen LogP contribution in [-0.2, 0) is 6.54 Å². The molecular weight excluding hydrogens is 239 g/mol. The Morgan fingerprint density at radius 2 is 2.24 bits per heavy atom. The van der Waals surface area contributed by atoms with Crippen LogP contribution in [-0.4, -0.2) is 31.1 Å². The van der Waals surface area contributed by atoms with E-state index in [0.717, 1.165) is 25.2 Å². The Bertz CT molecular complexity index is 364. The van der Waals surface area contributed by atoms with E-state index < -0.39 is 0 Å². The van der Waals surface area contributed by atoms with Gasteiger partial charge in [0, 0.05) is 19.1 Å². The fourth-order valence-electron chi connectivity index (χ4n) is 2.22. The molecule has 1 aliphatic rings. The normalized spacial score (nSPS) is 19.4. The van der Waals surface area contributed by atoms with E-state index in [9.17, 15) is 4.39 Å². The third-order valence-corrected chi connectivity index (χ3v) is 3.39. The molecule has 1 saturated heterocycles. The van der Waals surface area contributed by atoms with Crippen molar-refractivity contribution in [3.05, 3.63) is 35.1 Å². The minimum absolute atomic E-state index is 0. The Morgan fingerprint density at radius 3 is 2.88 bits per heavy atom. The molecule has 17 heavy (non-hydrogen) atoms. The number of likely N-dealkylation sites (N-methyl/N-ethyl adjacent to an activating group) is 1. The summed E-state index contributed by atoms with van der Waals surface area (Å²) in [7, 11) is 2.11. The highest BCUT2D eigenvalue weighted by Gasteiger charge is 2.19. The lowest BCUT2D eigenvalue weighted by Crippen LogP contribution is -2.33. The highest BCUT2D eigenvalue weighted by Crippen LogP contribution is 2.15. The molecule has 1 aliphatic heterocycles. The number of benzene rings is 1. The zero-order chi connectivity index (χ0) is 11.5. The Kier molecular flexibility index (Phi) is 5.37. The number of rotatable bonds is 3. The number of nitrogens with zero attached hydrogens (tertiary/aromatic N) is 1. The fourth-order valence-corrected chi connectivity index (χ4v) is 2.22. The molecule has 1 fully saturated rings. The van der Waals surface area contributed by atoms with Gasteiger partial charge in [-0.15, -0.1) is 12.4 Å². The van der Waals surface area contributed by atoms with Crippen LogP contribution in [0.15, 0.2) is 18.2 Å². The van der Waals surface area contributed by atoms with Crippen molar-refractivity contribution < 1.29 is 4.39 Å². The van der Waals surface area contributed by atoms with Gasteiger partial charge in [0.1, 0.15) is 5.82 Å². The molecule has 2 nitrogen and oxygen atoms in total. The molecule has 0 amide bonds. The van der Waals surface area contributed by atoms with E-state index in [1.807, 2.05) is 13.0 Å². The SMILES string of the molecule is Cc1ccc(F)cc1CN(C)C1CCNC1.Cl. The first-order chi connectivity index (χ1) is 7.66. The van der Waals surface area contributed by atoms with Crippen molar-refractivity contribution in [1.29, 1.82) is 0 Å². The second-order valence-corrected chi connectivity index (χ2v) is 4.63. The molecule has 1 N–H and O–H groups in total. The second kappa shape index (κ2) is 6.34.